The Balaban J connectivity index is 2.57. The molecule has 0 radical (unpaired) electrons. The van der Waals surface area contributed by atoms with Gasteiger partial charge in [0, 0.05) is 9.35 Å². The van der Waals surface area contributed by atoms with Crippen LogP contribution in [0.1, 0.15) is 4.88 Å². The number of hydrogen-bond acceptors (Lipinski definition) is 2. The second-order valence-corrected chi connectivity index (χ2v) is 5.12. The van der Waals surface area contributed by atoms with Gasteiger partial charge in [-0.1, -0.05) is 15.9 Å². The molecule has 1 nitrogen and oxygen atoms in total. The second kappa shape index (κ2) is 3.75. The summed E-state index contributed by atoms with van der Waals surface area (Å²) in [7, 11) is 0. The molecule has 0 aliphatic heterocycles. The summed E-state index contributed by atoms with van der Waals surface area (Å²) >= 11 is 5.08. The van der Waals surface area contributed by atoms with Crippen molar-refractivity contribution in [3.63, 3.8) is 0 Å². The lowest BCUT2D eigenvalue weighted by atomic mass is 10.1. The van der Waals surface area contributed by atoms with E-state index in [1.165, 1.54) is 10.4 Å². The maximum atomic E-state index is 9.46. The fraction of sp³-hybridized carbons (Fsp3) is 0.0909. The molecule has 0 unspecified atom stereocenters. The van der Waals surface area contributed by atoms with E-state index in [1.807, 2.05) is 6.07 Å². The van der Waals surface area contributed by atoms with Gasteiger partial charge in [0.25, 0.3) is 0 Å². The Morgan fingerprint density at radius 1 is 1.29 bits per heavy atom. The van der Waals surface area contributed by atoms with Crippen LogP contribution in [0.25, 0.3) is 11.1 Å². The molecule has 0 spiro atoms. The van der Waals surface area contributed by atoms with Gasteiger partial charge in [-0.25, -0.2) is 0 Å². The quantitative estimate of drug-likeness (QED) is 0.822. The van der Waals surface area contributed by atoms with Crippen LogP contribution < -0.4 is 0 Å². The van der Waals surface area contributed by atoms with Crippen molar-refractivity contribution in [1.82, 2.24) is 0 Å². The highest BCUT2D eigenvalue weighted by Crippen LogP contribution is 2.32. The lowest BCUT2D eigenvalue weighted by Crippen LogP contribution is -1.77. The van der Waals surface area contributed by atoms with E-state index in [4.69, 9.17) is 0 Å². The predicted molar refractivity (Wildman–Crippen MR) is 63.9 cm³/mol. The lowest BCUT2D eigenvalue weighted by molar-refractivity contribution is 0.475. The molecule has 72 valence electrons. The minimum Gasteiger partial charge on any atom is -0.508 e. The predicted octanol–water partition coefficient (Wildman–Crippen LogP) is 4.19. The summed E-state index contributed by atoms with van der Waals surface area (Å²) < 4.78 is 0.901. The molecule has 0 aliphatic carbocycles. The maximum Gasteiger partial charge on any atom is 0.117 e. The van der Waals surface area contributed by atoms with Gasteiger partial charge in [0.1, 0.15) is 5.75 Å². The van der Waals surface area contributed by atoms with Crippen LogP contribution in [0.2, 0.25) is 0 Å². The Morgan fingerprint density at radius 3 is 2.64 bits per heavy atom. The smallest absolute Gasteiger partial charge is 0.117 e. The van der Waals surface area contributed by atoms with E-state index in [1.54, 1.807) is 23.5 Å². The van der Waals surface area contributed by atoms with Crippen LogP contribution in [0.15, 0.2) is 34.1 Å². The molecular weight excluding hydrogens is 260 g/mol. The zero-order chi connectivity index (χ0) is 10.1. The van der Waals surface area contributed by atoms with Crippen molar-refractivity contribution in [3.05, 3.63) is 39.0 Å². The van der Waals surface area contributed by atoms with Crippen LogP contribution in [0.4, 0.5) is 0 Å². The van der Waals surface area contributed by atoms with E-state index in [-0.39, 0.29) is 0 Å². The second-order valence-electron chi connectivity index (χ2n) is 3.09. The van der Waals surface area contributed by atoms with Crippen molar-refractivity contribution in [2.24, 2.45) is 0 Å². The van der Waals surface area contributed by atoms with Crippen LogP contribution >= 0.6 is 27.3 Å². The number of benzene rings is 1. The van der Waals surface area contributed by atoms with E-state index in [9.17, 15) is 5.11 Å². The summed E-state index contributed by atoms with van der Waals surface area (Å²) in [5.41, 5.74) is 2.24. The number of aryl methyl sites for hydroxylation is 1. The van der Waals surface area contributed by atoms with E-state index >= 15 is 0 Å². The molecule has 0 fully saturated rings. The largest absolute Gasteiger partial charge is 0.508 e. The highest BCUT2D eigenvalue weighted by Gasteiger charge is 2.04. The molecule has 1 aromatic heterocycles. The third kappa shape index (κ3) is 1.83. The topological polar surface area (TPSA) is 20.2 Å². The van der Waals surface area contributed by atoms with Crippen molar-refractivity contribution in [2.75, 3.05) is 0 Å². The number of phenolic OH excluding ortho intramolecular Hbond substituents is 1. The molecule has 1 N–H and O–H groups in total. The minimum absolute atomic E-state index is 0.292. The minimum atomic E-state index is 0.292. The Bertz CT molecular complexity index is 442. The fourth-order valence-electron chi connectivity index (χ4n) is 1.41. The monoisotopic (exact) mass is 268 g/mol. The summed E-state index contributed by atoms with van der Waals surface area (Å²) in [4.78, 5) is 1.27. The van der Waals surface area contributed by atoms with Crippen molar-refractivity contribution >= 4 is 27.3 Å². The Kier molecular flexibility index (Phi) is 2.61. The number of hydrogen-bond donors (Lipinski definition) is 1. The van der Waals surface area contributed by atoms with Crippen molar-refractivity contribution < 1.29 is 5.11 Å². The Hall–Kier alpha value is -0.800. The number of rotatable bonds is 1. The fourth-order valence-corrected chi connectivity index (χ4v) is 2.62. The van der Waals surface area contributed by atoms with Crippen LogP contribution in [0.3, 0.4) is 0 Å². The molecule has 0 aliphatic rings. The van der Waals surface area contributed by atoms with Gasteiger partial charge in [0.2, 0.25) is 0 Å². The molecule has 1 heterocycles. The van der Waals surface area contributed by atoms with Gasteiger partial charge in [0.15, 0.2) is 0 Å². The first-order chi connectivity index (χ1) is 6.66. The molecule has 1 aromatic carbocycles. The number of halogens is 1. The molecule has 3 heteroatoms. The summed E-state index contributed by atoms with van der Waals surface area (Å²) in [5.74, 6) is 0.292. The van der Waals surface area contributed by atoms with Gasteiger partial charge in [-0.05, 0) is 47.7 Å². The Labute approximate surface area is 95.2 Å². The zero-order valence-electron chi connectivity index (χ0n) is 7.62. The molecule has 14 heavy (non-hydrogen) atoms. The Morgan fingerprint density at radius 2 is 2.07 bits per heavy atom. The summed E-state index contributed by atoms with van der Waals surface area (Å²) in [5, 5.41) is 11.5. The van der Waals surface area contributed by atoms with Crippen LogP contribution in [-0.2, 0) is 0 Å². The standard InChI is InChI=1S/C11H9BrOS/c1-7-11(2-3-14-7)8-4-9(12)6-10(13)5-8/h2-6,13H,1H3. The number of aromatic hydroxyl groups is 1. The van der Waals surface area contributed by atoms with Crippen molar-refractivity contribution in [1.29, 1.82) is 0 Å². The maximum absolute atomic E-state index is 9.46. The highest BCUT2D eigenvalue weighted by atomic mass is 79.9. The number of phenols is 1. The summed E-state index contributed by atoms with van der Waals surface area (Å²) in [6.45, 7) is 2.08. The molecule has 0 saturated carbocycles. The van der Waals surface area contributed by atoms with E-state index in [0.717, 1.165) is 10.0 Å². The van der Waals surface area contributed by atoms with Crippen LogP contribution in [0.5, 0.6) is 5.75 Å². The third-order valence-electron chi connectivity index (χ3n) is 2.05. The first-order valence-corrected chi connectivity index (χ1v) is 5.88. The zero-order valence-corrected chi connectivity index (χ0v) is 10.0. The molecule has 0 bridgehead atoms. The van der Waals surface area contributed by atoms with E-state index in [2.05, 4.69) is 34.3 Å². The average Bonchev–Trinajstić information content (AvgIpc) is 2.49. The molecule has 0 atom stereocenters. The molecular formula is C11H9BrOS. The molecule has 2 rings (SSSR count). The first kappa shape index (κ1) is 9.74. The summed E-state index contributed by atoms with van der Waals surface area (Å²) in [6, 6.07) is 7.54. The van der Waals surface area contributed by atoms with Crippen molar-refractivity contribution in [2.45, 2.75) is 6.92 Å². The first-order valence-electron chi connectivity index (χ1n) is 4.21. The third-order valence-corrected chi connectivity index (χ3v) is 3.36. The van der Waals surface area contributed by atoms with Gasteiger partial charge in [-0.2, -0.15) is 0 Å². The van der Waals surface area contributed by atoms with Gasteiger partial charge in [-0.3, -0.25) is 0 Å². The average molecular weight is 269 g/mol. The summed E-state index contributed by atoms with van der Waals surface area (Å²) in [6.07, 6.45) is 0. The molecule has 2 aromatic rings. The van der Waals surface area contributed by atoms with Gasteiger partial charge in [0.05, 0.1) is 0 Å². The molecule has 0 amide bonds. The highest BCUT2D eigenvalue weighted by molar-refractivity contribution is 9.10. The SMILES string of the molecule is Cc1sccc1-c1cc(O)cc(Br)c1. The normalized spacial score (nSPS) is 10.4. The van der Waals surface area contributed by atoms with Crippen molar-refractivity contribution in [3.8, 4) is 16.9 Å². The van der Waals surface area contributed by atoms with Crippen LogP contribution in [-0.4, -0.2) is 5.11 Å². The number of thiophene rings is 1. The molecule has 0 saturated heterocycles. The van der Waals surface area contributed by atoms with E-state index < -0.39 is 0 Å². The lowest BCUT2D eigenvalue weighted by Gasteiger charge is -2.02. The van der Waals surface area contributed by atoms with E-state index in [0.29, 0.717) is 5.75 Å². The van der Waals surface area contributed by atoms with Crippen LogP contribution in [0, 0.1) is 6.92 Å². The van der Waals surface area contributed by atoms with Gasteiger partial charge in [-0.15, -0.1) is 11.3 Å². The van der Waals surface area contributed by atoms with Gasteiger partial charge < -0.3 is 5.11 Å². The van der Waals surface area contributed by atoms with Gasteiger partial charge >= 0.3 is 0 Å².